The van der Waals surface area contributed by atoms with Crippen LogP contribution in [-0.2, 0) is 0 Å². The number of rotatable bonds is 5. The zero-order valence-electron chi connectivity index (χ0n) is 8.16. The minimum atomic E-state index is 0.342. The highest BCUT2D eigenvalue weighted by molar-refractivity contribution is 7.09. The van der Waals surface area contributed by atoms with Gasteiger partial charge in [0.15, 0.2) is 0 Å². The van der Waals surface area contributed by atoms with Crippen molar-refractivity contribution >= 4 is 11.3 Å². The SMILES string of the molecule is C=CC(C)NC(CC)c1nccs1. The molecule has 0 saturated heterocycles. The molecule has 13 heavy (non-hydrogen) atoms. The lowest BCUT2D eigenvalue weighted by molar-refractivity contribution is 0.488. The van der Waals surface area contributed by atoms with Gasteiger partial charge >= 0.3 is 0 Å². The minimum Gasteiger partial charge on any atom is -0.302 e. The van der Waals surface area contributed by atoms with Gasteiger partial charge in [0.2, 0.25) is 0 Å². The molecule has 0 aliphatic heterocycles. The van der Waals surface area contributed by atoms with Crippen molar-refractivity contribution < 1.29 is 0 Å². The number of nitrogens with one attached hydrogen (secondary N) is 1. The predicted molar refractivity (Wildman–Crippen MR) is 57.9 cm³/mol. The van der Waals surface area contributed by atoms with Crippen LogP contribution in [0.2, 0.25) is 0 Å². The molecule has 0 aromatic carbocycles. The Balaban J connectivity index is 2.58. The van der Waals surface area contributed by atoms with E-state index in [1.807, 2.05) is 17.7 Å². The summed E-state index contributed by atoms with van der Waals surface area (Å²) in [6, 6.07) is 0.710. The van der Waals surface area contributed by atoms with E-state index < -0.39 is 0 Å². The highest BCUT2D eigenvalue weighted by atomic mass is 32.1. The molecule has 0 aliphatic carbocycles. The zero-order valence-corrected chi connectivity index (χ0v) is 8.97. The molecule has 72 valence electrons. The molecule has 0 amide bonds. The van der Waals surface area contributed by atoms with E-state index in [1.165, 1.54) is 0 Å². The fraction of sp³-hybridized carbons (Fsp3) is 0.500. The molecule has 0 aliphatic rings. The van der Waals surface area contributed by atoms with Gasteiger partial charge in [-0.2, -0.15) is 0 Å². The van der Waals surface area contributed by atoms with E-state index in [-0.39, 0.29) is 0 Å². The second-order valence-electron chi connectivity index (χ2n) is 3.02. The molecule has 2 atom stereocenters. The molecule has 1 N–H and O–H groups in total. The first-order valence-corrected chi connectivity index (χ1v) is 5.43. The first-order chi connectivity index (χ1) is 6.27. The Kier molecular flexibility index (Phi) is 4.12. The van der Waals surface area contributed by atoms with Crippen LogP contribution in [0.3, 0.4) is 0 Å². The fourth-order valence-corrected chi connectivity index (χ4v) is 1.94. The molecule has 2 nitrogen and oxygen atoms in total. The van der Waals surface area contributed by atoms with Crippen molar-refractivity contribution in [2.45, 2.75) is 32.4 Å². The topological polar surface area (TPSA) is 24.9 Å². The molecule has 0 saturated carbocycles. The van der Waals surface area contributed by atoms with Crippen molar-refractivity contribution in [1.82, 2.24) is 10.3 Å². The molecule has 0 radical (unpaired) electrons. The number of hydrogen-bond acceptors (Lipinski definition) is 3. The van der Waals surface area contributed by atoms with Crippen molar-refractivity contribution in [3.63, 3.8) is 0 Å². The summed E-state index contributed by atoms with van der Waals surface area (Å²) < 4.78 is 0. The van der Waals surface area contributed by atoms with Crippen molar-refractivity contribution in [1.29, 1.82) is 0 Å². The standard InChI is InChI=1S/C10H16N2S/c1-4-8(3)12-9(5-2)10-11-6-7-13-10/h4,6-9,12H,1,5H2,2-3H3. The summed E-state index contributed by atoms with van der Waals surface area (Å²) in [4.78, 5) is 4.30. The summed E-state index contributed by atoms with van der Waals surface area (Å²) in [5.74, 6) is 0. The number of thiazole rings is 1. The lowest BCUT2D eigenvalue weighted by atomic mass is 10.2. The second kappa shape index (κ2) is 5.14. The molecular formula is C10H16N2S. The second-order valence-corrected chi connectivity index (χ2v) is 3.95. The predicted octanol–water partition coefficient (Wildman–Crippen LogP) is 2.76. The van der Waals surface area contributed by atoms with E-state index in [9.17, 15) is 0 Å². The molecule has 0 bridgehead atoms. The van der Waals surface area contributed by atoms with Crippen molar-refractivity contribution in [3.05, 3.63) is 29.2 Å². The molecule has 1 aromatic heterocycles. The molecule has 1 heterocycles. The van der Waals surface area contributed by atoms with Gasteiger partial charge in [0.05, 0.1) is 6.04 Å². The molecule has 0 spiro atoms. The van der Waals surface area contributed by atoms with Gasteiger partial charge < -0.3 is 5.32 Å². The summed E-state index contributed by atoms with van der Waals surface area (Å²) in [5.41, 5.74) is 0. The molecular weight excluding hydrogens is 180 g/mol. The third-order valence-electron chi connectivity index (χ3n) is 1.98. The maximum Gasteiger partial charge on any atom is 0.109 e. The summed E-state index contributed by atoms with van der Waals surface area (Å²) in [5, 5.41) is 6.62. The van der Waals surface area contributed by atoms with Gasteiger partial charge in [0.1, 0.15) is 5.01 Å². The first-order valence-electron chi connectivity index (χ1n) is 4.56. The quantitative estimate of drug-likeness (QED) is 0.732. The maximum absolute atomic E-state index is 4.30. The van der Waals surface area contributed by atoms with Crippen molar-refractivity contribution in [2.75, 3.05) is 0 Å². The van der Waals surface area contributed by atoms with Crippen LogP contribution in [0.25, 0.3) is 0 Å². The van der Waals surface area contributed by atoms with Crippen LogP contribution in [0.15, 0.2) is 24.2 Å². The lowest BCUT2D eigenvalue weighted by Gasteiger charge is -2.17. The van der Waals surface area contributed by atoms with Crippen LogP contribution < -0.4 is 5.32 Å². The third-order valence-corrected chi connectivity index (χ3v) is 2.86. The number of aromatic nitrogens is 1. The van der Waals surface area contributed by atoms with Crippen LogP contribution in [-0.4, -0.2) is 11.0 Å². The Hall–Kier alpha value is -0.670. The van der Waals surface area contributed by atoms with E-state index in [0.717, 1.165) is 11.4 Å². The lowest BCUT2D eigenvalue weighted by Crippen LogP contribution is -2.28. The van der Waals surface area contributed by atoms with Gasteiger partial charge in [-0.1, -0.05) is 13.0 Å². The maximum atomic E-state index is 4.30. The van der Waals surface area contributed by atoms with Crippen LogP contribution in [0.1, 0.15) is 31.3 Å². The van der Waals surface area contributed by atoms with E-state index >= 15 is 0 Å². The highest BCUT2D eigenvalue weighted by Crippen LogP contribution is 2.19. The van der Waals surface area contributed by atoms with E-state index in [0.29, 0.717) is 12.1 Å². The van der Waals surface area contributed by atoms with Crippen LogP contribution in [0.5, 0.6) is 0 Å². The summed E-state index contributed by atoms with van der Waals surface area (Å²) in [6.45, 7) is 8.01. The highest BCUT2D eigenvalue weighted by Gasteiger charge is 2.12. The fourth-order valence-electron chi connectivity index (χ4n) is 1.16. The van der Waals surface area contributed by atoms with E-state index in [2.05, 4.69) is 30.7 Å². The first kappa shape index (κ1) is 10.4. The van der Waals surface area contributed by atoms with Crippen molar-refractivity contribution in [2.24, 2.45) is 0 Å². The minimum absolute atomic E-state index is 0.342. The van der Waals surface area contributed by atoms with Gasteiger partial charge in [-0.3, -0.25) is 0 Å². The molecule has 2 unspecified atom stereocenters. The Bertz CT molecular complexity index is 243. The summed E-state index contributed by atoms with van der Waals surface area (Å²) in [7, 11) is 0. The van der Waals surface area contributed by atoms with Crippen LogP contribution in [0, 0.1) is 0 Å². The monoisotopic (exact) mass is 196 g/mol. The normalized spacial score (nSPS) is 15.2. The Morgan fingerprint density at radius 3 is 3.00 bits per heavy atom. The summed E-state index contributed by atoms with van der Waals surface area (Å²) in [6.07, 6.45) is 4.82. The summed E-state index contributed by atoms with van der Waals surface area (Å²) >= 11 is 1.70. The van der Waals surface area contributed by atoms with Gasteiger partial charge in [-0.05, 0) is 13.3 Å². The van der Waals surface area contributed by atoms with Gasteiger partial charge in [-0.25, -0.2) is 4.98 Å². The van der Waals surface area contributed by atoms with Gasteiger partial charge in [-0.15, -0.1) is 17.9 Å². The number of hydrogen-bond donors (Lipinski definition) is 1. The average molecular weight is 196 g/mol. The Labute approximate surface area is 83.7 Å². The average Bonchev–Trinajstić information content (AvgIpc) is 2.66. The van der Waals surface area contributed by atoms with Crippen molar-refractivity contribution in [3.8, 4) is 0 Å². The smallest absolute Gasteiger partial charge is 0.109 e. The third kappa shape index (κ3) is 2.94. The van der Waals surface area contributed by atoms with E-state index in [4.69, 9.17) is 0 Å². The van der Waals surface area contributed by atoms with Crippen LogP contribution >= 0.6 is 11.3 Å². The van der Waals surface area contributed by atoms with Gasteiger partial charge in [0.25, 0.3) is 0 Å². The molecule has 1 aromatic rings. The number of nitrogens with zero attached hydrogens (tertiary/aromatic N) is 1. The molecule has 1 rings (SSSR count). The molecule has 0 fully saturated rings. The molecule has 3 heteroatoms. The zero-order chi connectivity index (χ0) is 9.68. The Morgan fingerprint density at radius 1 is 1.77 bits per heavy atom. The van der Waals surface area contributed by atoms with Crippen LogP contribution in [0.4, 0.5) is 0 Å². The van der Waals surface area contributed by atoms with E-state index in [1.54, 1.807) is 11.3 Å². The Morgan fingerprint density at radius 2 is 2.54 bits per heavy atom. The van der Waals surface area contributed by atoms with Gasteiger partial charge in [0, 0.05) is 17.6 Å². The largest absolute Gasteiger partial charge is 0.302 e.